The minimum absolute atomic E-state index is 0.0627. The molecule has 0 saturated heterocycles. The van der Waals surface area contributed by atoms with Crippen LogP contribution in [-0.2, 0) is 16.1 Å². The molecule has 1 heterocycles. The smallest absolute Gasteiger partial charge is 0.363 e. The largest absolute Gasteiger partial charge is 0.490 e. The number of hydrogen-bond donors (Lipinski definition) is 0. The Hall–Kier alpha value is -3.64. The van der Waals surface area contributed by atoms with Gasteiger partial charge >= 0.3 is 5.97 Å². The van der Waals surface area contributed by atoms with Crippen molar-refractivity contribution < 1.29 is 23.4 Å². The molecular weight excluding hydrogens is 433 g/mol. The number of halogens is 2. The maximum atomic E-state index is 14.0. The van der Waals surface area contributed by atoms with Gasteiger partial charge < -0.3 is 14.2 Å². The number of carbonyl (C=O) groups is 1. The minimum atomic E-state index is -0.649. The first-order valence-corrected chi connectivity index (χ1v) is 10.3. The predicted octanol–water partition coefficient (Wildman–Crippen LogP) is 5.80. The number of hydrogen-bond acceptors (Lipinski definition) is 5. The molecule has 0 bridgehead atoms. The number of rotatable bonds is 7. The van der Waals surface area contributed by atoms with E-state index in [2.05, 4.69) is 4.99 Å². The highest BCUT2D eigenvalue weighted by atomic mass is 35.5. The average molecular weight is 452 g/mol. The summed E-state index contributed by atoms with van der Waals surface area (Å²) in [4.78, 5) is 16.4. The zero-order chi connectivity index (χ0) is 22.5. The zero-order valence-corrected chi connectivity index (χ0v) is 17.9. The molecule has 0 aliphatic carbocycles. The molecule has 0 N–H and O–H groups in total. The van der Waals surface area contributed by atoms with Crippen LogP contribution in [0.5, 0.6) is 11.5 Å². The predicted molar refractivity (Wildman–Crippen MR) is 120 cm³/mol. The van der Waals surface area contributed by atoms with E-state index < -0.39 is 11.8 Å². The summed E-state index contributed by atoms with van der Waals surface area (Å²) in [6.45, 7) is 2.66. The van der Waals surface area contributed by atoms with Gasteiger partial charge in [-0.2, -0.15) is 0 Å². The van der Waals surface area contributed by atoms with Crippen molar-refractivity contribution >= 4 is 29.5 Å². The maximum Gasteiger partial charge on any atom is 0.363 e. The van der Waals surface area contributed by atoms with Crippen LogP contribution in [0.1, 0.15) is 23.6 Å². The van der Waals surface area contributed by atoms with Crippen LogP contribution < -0.4 is 9.47 Å². The normalized spacial score (nSPS) is 14.3. The van der Waals surface area contributed by atoms with Gasteiger partial charge in [-0.25, -0.2) is 14.2 Å². The SMILES string of the molecule is CCOc1cc(/C=C2\N=C(c3ccccc3F)OC2=O)ccc1OCc1ccc(Cl)cc1. The van der Waals surface area contributed by atoms with Crippen molar-refractivity contribution in [1.29, 1.82) is 0 Å². The average Bonchev–Trinajstić information content (AvgIpc) is 3.15. The third-order valence-electron chi connectivity index (χ3n) is 4.60. The van der Waals surface area contributed by atoms with E-state index >= 15 is 0 Å². The first-order valence-electron chi connectivity index (χ1n) is 9.95. The van der Waals surface area contributed by atoms with Crippen molar-refractivity contribution in [2.24, 2.45) is 4.99 Å². The van der Waals surface area contributed by atoms with E-state index in [4.69, 9.17) is 25.8 Å². The highest BCUT2D eigenvalue weighted by molar-refractivity contribution is 6.30. The van der Waals surface area contributed by atoms with Gasteiger partial charge in [-0.3, -0.25) is 0 Å². The molecule has 32 heavy (non-hydrogen) atoms. The molecule has 0 saturated carbocycles. The third kappa shape index (κ3) is 4.98. The van der Waals surface area contributed by atoms with Crippen molar-refractivity contribution in [1.82, 2.24) is 0 Å². The van der Waals surface area contributed by atoms with E-state index in [1.165, 1.54) is 12.1 Å². The van der Waals surface area contributed by atoms with Gasteiger partial charge in [-0.05, 0) is 60.5 Å². The van der Waals surface area contributed by atoms with Gasteiger partial charge in [0, 0.05) is 5.02 Å². The molecule has 4 rings (SSSR count). The highest BCUT2D eigenvalue weighted by Crippen LogP contribution is 2.31. The van der Waals surface area contributed by atoms with Crippen molar-refractivity contribution in [3.8, 4) is 11.5 Å². The number of ether oxygens (including phenoxy) is 3. The first-order chi connectivity index (χ1) is 15.5. The molecule has 162 valence electrons. The van der Waals surface area contributed by atoms with E-state index in [0.29, 0.717) is 35.3 Å². The van der Waals surface area contributed by atoms with E-state index in [0.717, 1.165) is 5.56 Å². The van der Waals surface area contributed by atoms with Gasteiger partial charge in [0.05, 0.1) is 12.2 Å². The van der Waals surface area contributed by atoms with Gasteiger partial charge in [0.1, 0.15) is 12.4 Å². The van der Waals surface area contributed by atoms with Crippen LogP contribution >= 0.6 is 11.6 Å². The Labute approximate surface area is 189 Å². The number of cyclic esters (lactones) is 1. The van der Waals surface area contributed by atoms with E-state index in [1.54, 1.807) is 48.5 Å². The summed E-state index contributed by atoms with van der Waals surface area (Å²) in [5.41, 5.74) is 1.83. The number of benzene rings is 3. The lowest BCUT2D eigenvalue weighted by molar-refractivity contribution is -0.129. The molecular formula is C25H19ClFNO4. The number of esters is 1. The standard InChI is InChI=1S/C25H19ClFNO4/c1-2-30-23-14-17(9-12-22(23)31-15-16-7-10-18(26)11-8-16)13-21-25(29)32-24(28-21)19-5-3-4-6-20(19)27/h3-14H,2,15H2,1H3/b21-13-. The molecule has 1 aliphatic rings. The summed E-state index contributed by atoms with van der Waals surface area (Å²) in [7, 11) is 0. The van der Waals surface area contributed by atoms with Crippen LogP contribution in [0.4, 0.5) is 4.39 Å². The van der Waals surface area contributed by atoms with E-state index in [1.807, 2.05) is 19.1 Å². The summed E-state index contributed by atoms with van der Waals surface area (Å²) < 4.78 is 30.7. The Balaban J connectivity index is 1.56. The second-order valence-electron chi connectivity index (χ2n) is 6.87. The minimum Gasteiger partial charge on any atom is -0.490 e. The lowest BCUT2D eigenvalue weighted by atomic mass is 10.1. The molecule has 0 unspecified atom stereocenters. The Morgan fingerprint density at radius 1 is 1.03 bits per heavy atom. The summed E-state index contributed by atoms with van der Waals surface area (Å²) in [6, 6.07) is 18.6. The van der Waals surface area contributed by atoms with Crippen LogP contribution in [0.3, 0.4) is 0 Å². The summed E-state index contributed by atoms with van der Waals surface area (Å²) in [5, 5.41) is 0.660. The van der Waals surface area contributed by atoms with E-state index in [-0.39, 0.29) is 17.2 Å². The molecule has 5 nitrogen and oxygen atoms in total. The maximum absolute atomic E-state index is 14.0. The molecule has 3 aromatic carbocycles. The molecule has 0 aromatic heterocycles. The van der Waals surface area contributed by atoms with Crippen molar-refractivity contribution in [2.75, 3.05) is 6.61 Å². The Bertz CT molecular complexity index is 1200. The van der Waals surface area contributed by atoms with Crippen LogP contribution in [0.2, 0.25) is 5.02 Å². The quantitative estimate of drug-likeness (QED) is 0.336. The van der Waals surface area contributed by atoms with Gasteiger partial charge in [0.15, 0.2) is 17.2 Å². The Morgan fingerprint density at radius 2 is 1.81 bits per heavy atom. The van der Waals surface area contributed by atoms with Crippen molar-refractivity contribution in [2.45, 2.75) is 13.5 Å². The summed E-state index contributed by atoms with van der Waals surface area (Å²) in [6.07, 6.45) is 1.56. The first kappa shape index (κ1) is 21.6. The summed E-state index contributed by atoms with van der Waals surface area (Å²) >= 11 is 5.92. The topological polar surface area (TPSA) is 57.1 Å². The molecule has 0 fully saturated rings. The molecule has 1 aliphatic heterocycles. The fourth-order valence-corrected chi connectivity index (χ4v) is 3.19. The number of aliphatic imine (C=N–C) groups is 1. The van der Waals surface area contributed by atoms with Crippen LogP contribution in [0.15, 0.2) is 77.4 Å². The molecule has 7 heteroatoms. The molecule has 3 aromatic rings. The van der Waals surface area contributed by atoms with Crippen LogP contribution in [-0.4, -0.2) is 18.5 Å². The molecule has 0 radical (unpaired) electrons. The number of nitrogens with zero attached hydrogens (tertiary/aromatic N) is 1. The van der Waals surface area contributed by atoms with Gasteiger partial charge in [-0.15, -0.1) is 0 Å². The monoisotopic (exact) mass is 451 g/mol. The fraction of sp³-hybridized carbons (Fsp3) is 0.120. The molecule has 0 atom stereocenters. The molecule has 0 amide bonds. The van der Waals surface area contributed by atoms with Gasteiger partial charge in [0.25, 0.3) is 0 Å². The lowest BCUT2D eigenvalue weighted by Crippen LogP contribution is -2.07. The highest BCUT2D eigenvalue weighted by Gasteiger charge is 2.26. The Kier molecular flexibility index (Phi) is 6.52. The second-order valence-corrected chi connectivity index (χ2v) is 7.31. The molecule has 0 spiro atoms. The summed E-state index contributed by atoms with van der Waals surface area (Å²) in [5.74, 6) is -0.133. The Morgan fingerprint density at radius 3 is 2.56 bits per heavy atom. The van der Waals surface area contributed by atoms with Crippen molar-refractivity contribution in [3.63, 3.8) is 0 Å². The van der Waals surface area contributed by atoms with Gasteiger partial charge in [0.2, 0.25) is 5.90 Å². The lowest BCUT2D eigenvalue weighted by Gasteiger charge is -2.13. The third-order valence-corrected chi connectivity index (χ3v) is 4.86. The van der Waals surface area contributed by atoms with E-state index in [9.17, 15) is 9.18 Å². The zero-order valence-electron chi connectivity index (χ0n) is 17.2. The van der Waals surface area contributed by atoms with Crippen LogP contribution in [0.25, 0.3) is 6.08 Å². The number of carbonyl (C=O) groups excluding carboxylic acids is 1. The van der Waals surface area contributed by atoms with Crippen LogP contribution in [0, 0.1) is 5.82 Å². The second kappa shape index (κ2) is 9.66. The fourth-order valence-electron chi connectivity index (χ4n) is 3.06. The van der Waals surface area contributed by atoms with Crippen molar-refractivity contribution in [3.05, 3.63) is 100.0 Å². The van der Waals surface area contributed by atoms with Gasteiger partial charge in [-0.1, -0.05) is 41.9 Å².